The fraction of sp³-hybridized carbons (Fsp3) is 0.688. The Morgan fingerprint density at radius 3 is 2.58 bits per heavy atom. The zero-order chi connectivity index (χ0) is 19.5. The van der Waals surface area contributed by atoms with Crippen LogP contribution in [-0.2, 0) is 16.0 Å². The molecule has 26 heavy (non-hydrogen) atoms. The Hall–Kier alpha value is -1.58. The number of carboxylic acid groups (broad SMARTS) is 1. The van der Waals surface area contributed by atoms with Gasteiger partial charge in [0.15, 0.2) is 5.13 Å². The molecule has 0 bridgehead atoms. The van der Waals surface area contributed by atoms with Gasteiger partial charge < -0.3 is 25.2 Å². The summed E-state index contributed by atoms with van der Waals surface area (Å²) in [5, 5.41) is 22.3. The summed E-state index contributed by atoms with van der Waals surface area (Å²) in [6.07, 6.45) is 0.239. The Balaban J connectivity index is 2.04. The number of aliphatic carboxylic acids is 1. The second-order valence-corrected chi connectivity index (χ2v) is 8.59. The molecule has 1 fully saturated rings. The number of carbonyl (C=O) groups excluding carboxylic acids is 1. The van der Waals surface area contributed by atoms with Crippen LogP contribution in [0.3, 0.4) is 0 Å². The highest BCUT2D eigenvalue weighted by molar-refractivity contribution is 7.16. The monoisotopic (exact) mass is 405 g/mol. The molecule has 10 heteroatoms. The molecule has 1 amide bonds. The van der Waals surface area contributed by atoms with E-state index in [1.54, 1.807) is 20.8 Å². The molecule has 1 unspecified atom stereocenters. The van der Waals surface area contributed by atoms with E-state index in [1.165, 1.54) is 11.3 Å². The standard InChI is InChI=1S/C16H24ClN3O5S/c1-16(2,3)25-15(24)18-10(13(22)23)8-11-12(17)19-14(26-11)20-6-4-9(21)5-7-20/h9-10,21H,4-8H2,1-3H3,(H,18,24)(H,22,23). The molecule has 0 radical (unpaired) electrons. The normalized spacial score (nSPS) is 17.0. The van der Waals surface area contributed by atoms with Crippen molar-refractivity contribution in [2.45, 2.75) is 57.8 Å². The smallest absolute Gasteiger partial charge is 0.408 e. The van der Waals surface area contributed by atoms with E-state index in [0.717, 1.165) is 0 Å². The van der Waals surface area contributed by atoms with Crippen molar-refractivity contribution in [3.05, 3.63) is 10.0 Å². The summed E-state index contributed by atoms with van der Waals surface area (Å²) in [7, 11) is 0. The fourth-order valence-corrected chi connectivity index (χ4v) is 3.85. The van der Waals surface area contributed by atoms with Gasteiger partial charge in [0.2, 0.25) is 0 Å². The molecule has 3 N–H and O–H groups in total. The van der Waals surface area contributed by atoms with Crippen molar-refractivity contribution >= 4 is 40.1 Å². The van der Waals surface area contributed by atoms with E-state index in [0.29, 0.717) is 35.9 Å². The Bertz CT molecular complexity index is 653. The van der Waals surface area contributed by atoms with E-state index in [1.807, 2.05) is 4.90 Å². The van der Waals surface area contributed by atoms with Crippen LogP contribution in [-0.4, -0.2) is 58.1 Å². The number of rotatable bonds is 5. The van der Waals surface area contributed by atoms with Gasteiger partial charge in [0, 0.05) is 24.4 Å². The van der Waals surface area contributed by atoms with Gasteiger partial charge in [-0.2, -0.15) is 0 Å². The molecule has 0 aromatic carbocycles. The molecule has 1 aromatic rings. The first-order valence-corrected chi connectivity index (χ1v) is 9.55. The topological polar surface area (TPSA) is 112 Å². The lowest BCUT2D eigenvalue weighted by molar-refractivity contribution is -0.139. The first-order valence-electron chi connectivity index (χ1n) is 8.35. The lowest BCUT2D eigenvalue weighted by atomic mass is 10.1. The van der Waals surface area contributed by atoms with Gasteiger partial charge in [-0.3, -0.25) is 0 Å². The fourth-order valence-electron chi connectivity index (χ4n) is 2.48. The number of nitrogens with one attached hydrogen (secondary N) is 1. The van der Waals surface area contributed by atoms with E-state index < -0.39 is 23.7 Å². The minimum absolute atomic E-state index is 0.0154. The van der Waals surface area contributed by atoms with Crippen LogP contribution in [0.4, 0.5) is 9.93 Å². The summed E-state index contributed by atoms with van der Waals surface area (Å²) >= 11 is 7.47. The van der Waals surface area contributed by atoms with Crippen LogP contribution in [0.25, 0.3) is 0 Å². The maximum absolute atomic E-state index is 11.9. The Labute approximate surface area is 161 Å². The molecule has 2 rings (SSSR count). The molecule has 1 aromatic heterocycles. The third kappa shape index (κ3) is 6.00. The SMILES string of the molecule is CC(C)(C)OC(=O)NC(Cc1sc(N2CCC(O)CC2)nc1Cl)C(=O)O. The van der Waals surface area contributed by atoms with Crippen molar-refractivity contribution in [1.82, 2.24) is 10.3 Å². The molecule has 8 nitrogen and oxygen atoms in total. The van der Waals surface area contributed by atoms with Gasteiger partial charge in [-0.1, -0.05) is 11.6 Å². The second kappa shape index (κ2) is 8.41. The lowest BCUT2D eigenvalue weighted by Gasteiger charge is -2.29. The van der Waals surface area contributed by atoms with Gasteiger partial charge in [0.05, 0.1) is 6.10 Å². The molecule has 1 aliphatic rings. The van der Waals surface area contributed by atoms with E-state index in [2.05, 4.69) is 10.3 Å². The van der Waals surface area contributed by atoms with Crippen LogP contribution in [0.15, 0.2) is 0 Å². The molecule has 1 saturated heterocycles. The number of alkyl carbamates (subject to hydrolysis) is 1. The predicted molar refractivity (Wildman–Crippen MR) is 99.1 cm³/mol. The minimum Gasteiger partial charge on any atom is -0.480 e. The maximum Gasteiger partial charge on any atom is 0.408 e. The molecule has 2 heterocycles. The van der Waals surface area contributed by atoms with Gasteiger partial charge in [0.25, 0.3) is 0 Å². The summed E-state index contributed by atoms with van der Waals surface area (Å²) in [5.41, 5.74) is -0.721. The third-order valence-corrected chi connectivity index (χ3v) is 5.32. The number of amides is 1. The molecule has 0 spiro atoms. The highest BCUT2D eigenvalue weighted by Gasteiger charge is 2.27. The second-order valence-electron chi connectivity index (χ2n) is 7.17. The van der Waals surface area contributed by atoms with E-state index in [4.69, 9.17) is 16.3 Å². The number of hydrogen-bond acceptors (Lipinski definition) is 7. The van der Waals surface area contributed by atoms with Crippen molar-refractivity contribution in [3.63, 3.8) is 0 Å². The highest BCUT2D eigenvalue weighted by Crippen LogP contribution is 2.32. The third-order valence-electron chi connectivity index (χ3n) is 3.75. The molecule has 0 saturated carbocycles. The van der Waals surface area contributed by atoms with Gasteiger partial charge in [-0.15, -0.1) is 11.3 Å². The number of aromatic nitrogens is 1. The first-order chi connectivity index (χ1) is 12.0. The number of thiazole rings is 1. The number of halogens is 1. The number of hydrogen-bond donors (Lipinski definition) is 3. The van der Waals surface area contributed by atoms with Gasteiger partial charge in [-0.05, 0) is 33.6 Å². The Morgan fingerprint density at radius 2 is 2.04 bits per heavy atom. The van der Waals surface area contributed by atoms with Crippen LogP contribution in [0.5, 0.6) is 0 Å². The molecule has 1 aliphatic heterocycles. The summed E-state index contributed by atoms with van der Waals surface area (Å²) in [5.74, 6) is -1.18. The highest BCUT2D eigenvalue weighted by atomic mass is 35.5. The zero-order valence-electron chi connectivity index (χ0n) is 15.0. The number of aliphatic hydroxyl groups excluding tert-OH is 1. The number of carbonyl (C=O) groups is 2. The average Bonchev–Trinajstić information content (AvgIpc) is 2.86. The van der Waals surface area contributed by atoms with Crippen molar-refractivity contribution in [1.29, 1.82) is 0 Å². The van der Waals surface area contributed by atoms with Crippen LogP contribution >= 0.6 is 22.9 Å². The number of nitrogens with zero attached hydrogens (tertiary/aromatic N) is 2. The quantitative estimate of drug-likeness (QED) is 0.688. The summed E-state index contributed by atoms with van der Waals surface area (Å²) in [6.45, 7) is 6.44. The molecule has 146 valence electrons. The summed E-state index contributed by atoms with van der Waals surface area (Å²) in [6, 6.07) is -1.17. The average molecular weight is 406 g/mol. The number of aliphatic hydroxyl groups is 1. The number of anilines is 1. The summed E-state index contributed by atoms with van der Waals surface area (Å²) in [4.78, 5) is 30.3. The van der Waals surface area contributed by atoms with Crippen molar-refractivity contribution in [2.24, 2.45) is 0 Å². The first kappa shape index (κ1) is 20.7. The predicted octanol–water partition coefficient (Wildman–Crippen LogP) is 2.28. The summed E-state index contributed by atoms with van der Waals surface area (Å²) < 4.78 is 5.11. The number of carboxylic acids is 1. The van der Waals surface area contributed by atoms with E-state index >= 15 is 0 Å². The van der Waals surface area contributed by atoms with E-state index in [-0.39, 0.29) is 17.7 Å². The van der Waals surface area contributed by atoms with Gasteiger partial charge in [0.1, 0.15) is 16.8 Å². The maximum atomic E-state index is 11.9. The van der Waals surface area contributed by atoms with Crippen molar-refractivity contribution in [3.8, 4) is 0 Å². The van der Waals surface area contributed by atoms with Crippen LogP contribution in [0, 0.1) is 0 Å². The number of ether oxygens (including phenoxy) is 1. The van der Waals surface area contributed by atoms with Crippen LogP contribution in [0.2, 0.25) is 5.15 Å². The Morgan fingerprint density at radius 1 is 1.42 bits per heavy atom. The molecular formula is C16H24ClN3O5S. The zero-order valence-corrected chi connectivity index (χ0v) is 16.6. The van der Waals surface area contributed by atoms with Crippen molar-refractivity contribution in [2.75, 3.05) is 18.0 Å². The van der Waals surface area contributed by atoms with Crippen molar-refractivity contribution < 1.29 is 24.5 Å². The van der Waals surface area contributed by atoms with Gasteiger partial charge >= 0.3 is 12.1 Å². The lowest BCUT2D eigenvalue weighted by Crippen LogP contribution is -2.44. The Kier molecular flexibility index (Phi) is 6.70. The molecule has 0 aliphatic carbocycles. The van der Waals surface area contributed by atoms with E-state index in [9.17, 15) is 19.8 Å². The number of piperidine rings is 1. The molecule has 1 atom stereocenters. The van der Waals surface area contributed by atoms with Crippen LogP contribution < -0.4 is 10.2 Å². The molecular weight excluding hydrogens is 382 g/mol. The largest absolute Gasteiger partial charge is 0.480 e. The van der Waals surface area contributed by atoms with Gasteiger partial charge in [-0.25, -0.2) is 14.6 Å². The minimum atomic E-state index is -1.18. The van der Waals surface area contributed by atoms with Crippen LogP contribution in [0.1, 0.15) is 38.5 Å².